The summed E-state index contributed by atoms with van der Waals surface area (Å²) in [6.45, 7) is 0. The summed E-state index contributed by atoms with van der Waals surface area (Å²) in [7, 11) is 0. The van der Waals surface area contributed by atoms with Gasteiger partial charge in [-0.15, -0.1) is 11.3 Å². The lowest BCUT2D eigenvalue weighted by atomic mass is 10.3. The summed E-state index contributed by atoms with van der Waals surface area (Å²) in [5.41, 5.74) is 8.15. The molecular weight excluding hydrogens is 236 g/mol. The molecule has 0 radical (unpaired) electrons. The van der Waals surface area contributed by atoms with Gasteiger partial charge in [0.25, 0.3) is 5.91 Å². The summed E-state index contributed by atoms with van der Waals surface area (Å²) in [6.07, 6.45) is 1.47. The molecule has 0 aliphatic heterocycles. The molecule has 0 saturated carbocycles. The third-order valence-electron chi connectivity index (χ3n) is 2.00. The molecule has 0 fully saturated rings. The lowest BCUT2D eigenvalue weighted by Gasteiger charge is -1.80. The summed E-state index contributed by atoms with van der Waals surface area (Å²) in [5, 5.41) is 5.93. The molecule has 5 nitrogen and oxygen atoms in total. The van der Waals surface area contributed by atoms with Crippen molar-refractivity contribution in [1.82, 2.24) is 15.2 Å². The van der Waals surface area contributed by atoms with Crippen molar-refractivity contribution in [3.05, 3.63) is 47.7 Å². The Morgan fingerprint density at radius 2 is 2.12 bits per heavy atom. The predicted octanol–water partition coefficient (Wildman–Crippen LogP) is 1.80. The topological polar surface area (TPSA) is 84.7 Å². The SMILES string of the molecule is NC(=O)c1ccn[nH]1.c1ccc2scnc2c1. The number of amides is 1. The lowest BCUT2D eigenvalue weighted by molar-refractivity contribution is 0.0995. The Morgan fingerprint density at radius 3 is 2.71 bits per heavy atom. The number of nitrogens with two attached hydrogens (primary N) is 1. The Hall–Kier alpha value is -2.21. The maximum Gasteiger partial charge on any atom is 0.266 e. The zero-order valence-corrected chi connectivity index (χ0v) is 9.65. The quantitative estimate of drug-likeness (QED) is 0.686. The molecule has 3 N–H and O–H groups in total. The van der Waals surface area contributed by atoms with E-state index in [-0.39, 0.29) is 0 Å². The second-order valence-corrected chi connectivity index (χ2v) is 4.04. The number of primary amides is 1. The molecule has 0 bridgehead atoms. The third kappa shape index (κ3) is 2.88. The number of carbonyl (C=O) groups is 1. The number of benzene rings is 1. The van der Waals surface area contributed by atoms with Gasteiger partial charge in [0.1, 0.15) is 5.69 Å². The van der Waals surface area contributed by atoms with E-state index in [1.807, 2.05) is 23.7 Å². The minimum atomic E-state index is -0.484. The highest BCUT2D eigenvalue weighted by Crippen LogP contribution is 2.15. The van der Waals surface area contributed by atoms with Crippen LogP contribution in [0.4, 0.5) is 0 Å². The highest BCUT2D eigenvalue weighted by Gasteiger charge is 1.96. The molecular formula is C11H10N4OS. The first-order chi connectivity index (χ1) is 8.27. The Bertz CT molecular complexity index is 573. The number of carbonyl (C=O) groups excluding carboxylic acids is 1. The molecule has 0 unspecified atom stereocenters. The van der Waals surface area contributed by atoms with E-state index >= 15 is 0 Å². The van der Waals surface area contributed by atoms with Crippen molar-refractivity contribution in [3.8, 4) is 0 Å². The van der Waals surface area contributed by atoms with Crippen molar-refractivity contribution in [1.29, 1.82) is 0 Å². The van der Waals surface area contributed by atoms with Crippen LogP contribution in [0.3, 0.4) is 0 Å². The van der Waals surface area contributed by atoms with E-state index in [0.717, 1.165) is 5.52 Å². The van der Waals surface area contributed by atoms with Crippen LogP contribution in [0.15, 0.2) is 42.0 Å². The molecule has 0 atom stereocenters. The van der Waals surface area contributed by atoms with E-state index < -0.39 is 5.91 Å². The van der Waals surface area contributed by atoms with Gasteiger partial charge in [-0.05, 0) is 18.2 Å². The zero-order chi connectivity index (χ0) is 12.1. The van der Waals surface area contributed by atoms with Crippen LogP contribution in [0.5, 0.6) is 0 Å². The van der Waals surface area contributed by atoms with Crippen molar-refractivity contribution in [2.45, 2.75) is 0 Å². The molecule has 3 aromatic rings. The first-order valence-corrected chi connectivity index (χ1v) is 5.73. The summed E-state index contributed by atoms with van der Waals surface area (Å²) >= 11 is 1.68. The molecule has 6 heteroatoms. The molecule has 1 amide bonds. The van der Waals surface area contributed by atoms with Gasteiger partial charge < -0.3 is 5.73 Å². The van der Waals surface area contributed by atoms with E-state index in [0.29, 0.717) is 5.69 Å². The maximum absolute atomic E-state index is 10.2. The summed E-state index contributed by atoms with van der Waals surface area (Å²) < 4.78 is 1.26. The number of nitrogens with zero attached hydrogens (tertiary/aromatic N) is 2. The number of rotatable bonds is 1. The van der Waals surface area contributed by atoms with Crippen molar-refractivity contribution in [2.24, 2.45) is 5.73 Å². The second-order valence-electron chi connectivity index (χ2n) is 3.15. The van der Waals surface area contributed by atoms with E-state index in [2.05, 4.69) is 21.2 Å². The van der Waals surface area contributed by atoms with Gasteiger partial charge in [0.2, 0.25) is 0 Å². The summed E-state index contributed by atoms with van der Waals surface area (Å²) in [5.74, 6) is -0.484. The van der Waals surface area contributed by atoms with Gasteiger partial charge in [-0.1, -0.05) is 12.1 Å². The first-order valence-electron chi connectivity index (χ1n) is 4.85. The molecule has 86 valence electrons. The molecule has 0 spiro atoms. The number of fused-ring (bicyclic) bond motifs is 1. The minimum absolute atomic E-state index is 0.338. The number of aromatic nitrogens is 3. The van der Waals surface area contributed by atoms with Gasteiger partial charge in [0.15, 0.2) is 0 Å². The third-order valence-corrected chi connectivity index (χ3v) is 2.81. The molecule has 0 aliphatic carbocycles. The zero-order valence-electron chi connectivity index (χ0n) is 8.83. The van der Waals surface area contributed by atoms with Crippen LogP contribution in [0.2, 0.25) is 0 Å². The van der Waals surface area contributed by atoms with Crippen molar-refractivity contribution >= 4 is 27.5 Å². The Labute approximate surface area is 101 Å². The van der Waals surface area contributed by atoms with Crippen LogP contribution in [-0.2, 0) is 0 Å². The number of aromatic amines is 1. The Kier molecular flexibility index (Phi) is 3.46. The van der Waals surface area contributed by atoms with Gasteiger partial charge in [0.05, 0.1) is 15.7 Å². The van der Waals surface area contributed by atoms with E-state index in [4.69, 9.17) is 5.73 Å². The molecule has 3 rings (SSSR count). The number of H-pyrrole nitrogens is 1. The van der Waals surface area contributed by atoms with Gasteiger partial charge in [-0.3, -0.25) is 9.89 Å². The van der Waals surface area contributed by atoms with Gasteiger partial charge >= 0.3 is 0 Å². The van der Waals surface area contributed by atoms with Crippen molar-refractivity contribution in [3.63, 3.8) is 0 Å². The fourth-order valence-electron chi connectivity index (χ4n) is 1.20. The van der Waals surface area contributed by atoms with Gasteiger partial charge in [-0.2, -0.15) is 5.10 Å². The van der Waals surface area contributed by atoms with E-state index in [9.17, 15) is 4.79 Å². The van der Waals surface area contributed by atoms with Gasteiger partial charge in [-0.25, -0.2) is 4.98 Å². The minimum Gasteiger partial charge on any atom is -0.364 e. The molecule has 1 aromatic carbocycles. The van der Waals surface area contributed by atoms with Crippen LogP contribution < -0.4 is 5.73 Å². The summed E-state index contributed by atoms with van der Waals surface area (Å²) in [6, 6.07) is 9.64. The van der Waals surface area contributed by atoms with Crippen molar-refractivity contribution in [2.75, 3.05) is 0 Å². The largest absolute Gasteiger partial charge is 0.364 e. The van der Waals surface area contributed by atoms with Crippen LogP contribution in [0, 0.1) is 0 Å². The maximum atomic E-state index is 10.2. The molecule has 2 heterocycles. The predicted molar refractivity (Wildman–Crippen MR) is 66.7 cm³/mol. The highest BCUT2D eigenvalue weighted by atomic mass is 32.1. The smallest absolute Gasteiger partial charge is 0.266 e. The molecule has 0 saturated heterocycles. The fourth-order valence-corrected chi connectivity index (χ4v) is 1.87. The number of nitrogens with one attached hydrogen (secondary N) is 1. The van der Waals surface area contributed by atoms with Crippen molar-refractivity contribution < 1.29 is 4.79 Å². The lowest BCUT2D eigenvalue weighted by Crippen LogP contribution is -2.10. The molecule has 0 aliphatic rings. The highest BCUT2D eigenvalue weighted by molar-refractivity contribution is 7.16. The Balaban J connectivity index is 0.000000128. The monoisotopic (exact) mass is 246 g/mol. The number of para-hydroxylation sites is 1. The van der Waals surface area contributed by atoms with E-state index in [1.54, 1.807) is 11.3 Å². The standard InChI is InChI=1S/C7H5NS.C4H5N3O/c1-2-4-7-6(3-1)8-5-9-7;5-4(8)3-1-2-6-7-3/h1-5H;1-2H,(H2,5,8)(H,6,7). The first kappa shape index (κ1) is 11.3. The summed E-state index contributed by atoms with van der Waals surface area (Å²) in [4.78, 5) is 14.4. The second kappa shape index (κ2) is 5.22. The number of hydrogen-bond donors (Lipinski definition) is 2. The molecule has 17 heavy (non-hydrogen) atoms. The average molecular weight is 246 g/mol. The van der Waals surface area contributed by atoms with Crippen LogP contribution in [-0.4, -0.2) is 21.1 Å². The number of thiazole rings is 1. The van der Waals surface area contributed by atoms with Gasteiger partial charge in [0, 0.05) is 6.20 Å². The normalized spacial score (nSPS) is 9.65. The average Bonchev–Trinajstić information content (AvgIpc) is 3.01. The van der Waals surface area contributed by atoms with Crippen LogP contribution in [0.1, 0.15) is 10.5 Å². The fraction of sp³-hybridized carbons (Fsp3) is 0. The van der Waals surface area contributed by atoms with Crippen LogP contribution >= 0.6 is 11.3 Å². The van der Waals surface area contributed by atoms with Crippen LogP contribution in [0.25, 0.3) is 10.2 Å². The number of hydrogen-bond acceptors (Lipinski definition) is 4. The molecule has 2 aromatic heterocycles. The van der Waals surface area contributed by atoms with E-state index in [1.165, 1.54) is 17.0 Å². The Morgan fingerprint density at radius 1 is 1.29 bits per heavy atom.